The third-order valence-corrected chi connectivity index (χ3v) is 19.8. The molecule has 2 saturated heterocycles. The summed E-state index contributed by atoms with van der Waals surface area (Å²) in [5, 5.41) is 3.57. The van der Waals surface area contributed by atoms with E-state index in [0.717, 1.165) is 0 Å². The van der Waals surface area contributed by atoms with Gasteiger partial charge in [-0.3, -0.25) is 0 Å². The average Bonchev–Trinajstić information content (AvgIpc) is 3.41. The number of aryl methyl sites for hydroxylation is 2. The monoisotopic (exact) mass is 716 g/mol. The molecule has 2 heterocycles. The topological polar surface area (TPSA) is 0 Å². The third kappa shape index (κ3) is 9.37. The molecule has 35 heavy (non-hydrogen) atoms. The zero-order valence-electron chi connectivity index (χ0n) is 23.0. The van der Waals surface area contributed by atoms with Crippen LogP contribution in [0.4, 0.5) is 0 Å². The predicted molar refractivity (Wildman–Crippen MR) is 151 cm³/mol. The van der Waals surface area contributed by atoms with Crippen LogP contribution in [0.1, 0.15) is 90.2 Å². The Hall–Kier alpha value is 0.584. The Bertz CT molecular complexity index is 724. The molecule has 0 nitrogen and oxygen atoms in total. The molecule has 0 amide bonds. The Balaban J connectivity index is 0.000000608. The van der Waals surface area contributed by atoms with Crippen LogP contribution < -0.4 is 35.2 Å². The van der Waals surface area contributed by atoms with E-state index in [0.29, 0.717) is 0 Å². The number of unbranched alkanes of at least 4 members (excludes halogenated alkanes) is 2. The van der Waals surface area contributed by atoms with Crippen molar-refractivity contribution in [2.24, 2.45) is 0 Å². The number of hydrogen-bond donors (Lipinski definition) is 0. The summed E-state index contributed by atoms with van der Waals surface area (Å²) in [6.45, 7) is 9.27. The molecule has 0 N–H and O–H groups in total. The van der Waals surface area contributed by atoms with Crippen molar-refractivity contribution < 1.29 is 50.7 Å². The van der Waals surface area contributed by atoms with Crippen LogP contribution in [0.3, 0.4) is 0 Å². The van der Waals surface area contributed by atoms with Gasteiger partial charge in [0.2, 0.25) is 0 Å². The first kappa shape index (κ1) is 35.6. The van der Waals surface area contributed by atoms with Crippen molar-refractivity contribution in [2.45, 2.75) is 128 Å². The van der Waals surface area contributed by atoms with Crippen LogP contribution in [0.2, 0.25) is 36.3 Å². The molecule has 2 aromatic carbocycles. The molecule has 0 saturated carbocycles. The fourth-order valence-electron chi connectivity index (χ4n) is 6.25. The molecule has 0 bridgehead atoms. The molecule has 0 radical (unpaired) electrons. The molecule has 0 unspecified atom stereocenters. The minimum atomic E-state index is -0.937. The Morgan fingerprint density at radius 1 is 0.629 bits per heavy atom. The summed E-state index contributed by atoms with van der Waals surface area (Å²) >= 11 is 0. The Morgan fingerprint density at radius 2 is 1.00 bits per heavy atom. The summed E-state index contributed by atoms with van der Waals surface area (Å²) in [5.41, 5.74) is 3.21. The van der Waals surface area contributed by atoms with Gasteiger partial charge in [-0.1, -0.05) is 128 Å². The molecule has 4 rings (SSSR count). The third-order valence-electron chi connectivity index (χ3n) is 8.58. The summed E-state index contributed by atoms with van der Waals surface area (Å²) in [6, 6.07) is 24.2. The first-order chi connectivity index (χ1) is 15.6. The van der Waals surface area contributed by atoms with Gasteiger partial charge < -0.3 is 24.8 Å². The van der Waals surface area contributed by atoms with E-state index in [4.69, 9.17) is 0 Å². The summed E-state index contributed by atoms with van der Waals surface area (Å²) in [6.07, 6.45) is 13.7. The van der Waals surface area contributed by atoms with E-state index in [1.807, 2.05) is 0 Å². The molecule has 0 aliphatic carbocycles. The van der Waals surface area contributed by atoms with Gasteiger partial charge in [0.1, 0.15) is 0 Å². The summed E-state index contributed by atoms with van der Waals surface area (Å²) < 4.78 is 0. The van der Waals surface area contributed by atoms with E-state index in [1.165, 1.54) is 76.3 Å². The average molecular weight is 716 g/mol. The SMILES string of the molecule is CCCC[c-]1ccc([Si]2(CCC)CCC2)c1.CCCC[c-]1ccc([Si]2(CCC)CCC2)c1.[Cl-].[Cl-].[Hf+4]. The molecule has 0 atom stereocenters. The van der Waals surface area contributed by atoms with Gasteiger partial charge in [0.25, 0.3) is 0 Å². The standard InChI is InChI=1S/2C15H25Si.2ClH.Hf/c2*1-3-5-7-14-8-9-15(13-14)16(10-4-2)11-6-12-16;;;/h2*8-9,13H,3-7,10-12H2,1-2H3;2*1H;/q2*-1;;;+4/p-2. The molecule has 2 aromatic rings. The fourth-order valence-corrected chi connectivity index (χ4v) is 15.2. The van der Waals surface area contributed by atoms with Gasteiger partial charge in [0.05, 0.1) is 0 Å². The van der Waals surface area contributed by atoms with E-state index in [9.17, 15) is 0 Å². The van der Waals surface area contributed by atoms with Crippen LogP contribution in [0.5, 0.6) is 0 Å². The predicted octanol–water partition coefficient (Wildman–Crippen LogP) is 2.44. The van der Waals surface area contributed by atoms with E-state index >= 15 is 0 Å². The Kier molecular flexibility index (Phi) is 18.3. The molecular weight excluding hydrogens is 666 g/mol. The molecule has 2 aliphatic heterocycles. The second kappa shape index (κ2) is 18.0. The van der Waals surface area contributed by atoms with Crippen LogP contribution in [0.25, 0.3) is 0 Å². The van der Waals surface area contributed by atoms with E-state index in [1.54, 1.807) is 45.7 Å². The van der Waals surface area contributed by atoms with Gasteiger partial charge in [-0.25, -0.2) is 22.5 Å². The molecule has 2 fully saturated rings. The molecule has 2 aliphatic rings. The van der Waals surface area contributed by atoms with E-state index in [-0.39, 0.29) is 50.7 Å². The van der Waals surface area contributed by atoms with Crippen LogP contribution in [0.15, 0.2) is 36.4 Å². The fraction of sp³-hybridized carbons (Fsp3) is 0.667. The number of hydrogen-bond acceptors (Lipinski definition) is 0. The first-order valence-electron chi connectivity index (χ1n) is 14.1. The van der Waals surface area contributed by atoms with Crippen molar-refractivity contribution in [2.75, 3.05) is 0 Å². The van der Waals surface area contributed by atoms with Crippen LogP contribution >= 0.6 is 0 Å². The molecule has 0 spiro atoms. The smallest absolute Gasteiger partial charge is 1.00 e. The number of halogens is 2. The Labute approximate surface area is 251 Å². The first-order valence-corrected chi connectivity index (χ1v) is 19.4. The second-order valence-electron chi connectivity index (χ2n) is 11.0. The largest absolute Gasteiger partial charge is 4.00 e. The van der Waals surface area contributed by atoms with Gasteiger partial charge >= 0.3 is 25.8 Å². The summed E-state index contributed by atoms with van der Waals surface area (Å²) in [5.74, 6) is 0. The minimum absolute atomic E-state index is 0. The molecular formula is C30H50Cl2HfSi2. The van der Waals surface area contributed by atoms with Crippen molar-refractivity contribution in [1.29, 1.82) is 0 Å². The minimum Gasteiger partial charge on any atom is -1.00 e. The summed E-state index contributed by atoms with van der Waals surface area (Å²) in [7, 11) is -1.87. The van der Waals surface area contributed by atoms with Crippen molar-refractivity contribution >= 4 is 26.5 Å². The maximum Gasteiger partial charge on any atom is 4.00 e. The van der Waals surface area contributed by atoms with Crippen molar-refractivity contribution in [3.63, 3.8) is 0 Å². The maximum absolute atomic E-state index is 2.55. The quantitative estimate of drug-likeness (QED) is 0.234. The van der Waals surface area contributed by atoms with Crippen LogP contribution in [-0.4, -0.2) is 16.1 Å². The van der Waals surface area contributed by atoms with Crippen molar-refractivity contribution in [3.05, 3.63) is 47.5 Å². The van der Waals surface area contributed by atoms with Gasteiger partial charge in [0, 0.05) is 16.1 Å². The van der Waals surface area contributed by atoms with Crippen molar-refractivity contribution in [1.82, 2.24) is 0 Å². The van der Waals surface area contributed by atoms with E-state index < -0.39 is 16.1 Å². The Morgan fingerprint density at radius 3 is 1.26 bits per heavy atom. The second-order valence-corrected chi connectivity index (χ2v) is 20.3. The van der Waals surface area contributed by atoms with Gasteiger partial charge in [0.15, 0.2) is 0 Å². The molecule has 0 aromatic heterocycles. The molecule has 196 valence electrons. The zero-order chi connectivity index (χ0) is 22.9. The molecule has 5 heteroatoms. The van der Waals surface area contributed by atoms with Gasteiger partial charge in [-0.2, -0.15) is 35.4 Å². The maximum atomic E-state index is 2.55. The van der Waals surface area contributed by atoms with E-state index in [2.05, 4.69) is 64.1 Å². The van der Waals surface area contributed by atoms with Crippen LogP contribution in [0, 0.1) is 0 Å². The van der Waals surface area contributed by atoms with Crippen molar-refractivity contribution in [3.8, 4) is 0 Å². The van der Waals surface area contributed by atoms with Gasteiger partial charge in [-0.05, 0) is 0 Å². The van der Waals surface area contributed by atoms with Crippen LogP contribution in [-0.2, 0) is 38.7 Å². The zero-order valence-corrected chi connectivity index (χ0v) is 30.1. The summed E-state index contributed by atoms with van der Waals surface area (Å²) in [4.78, 5) is 0. The number of rotatable bonds is 12. The normalized spacial score (nSPS) is 16.8. The van der Waals surface area contributed by atoms with Gasteiger partial charge in [-0.15, -0.1) is 0 Å².